The zero-order valence-electron chi connectivity index (χ0n) is 12.9. The summed E-state index contributed by atoms with van der Waals surface area (Å²) in [5.41, 5.74) is 1.31. The topological polar surface area (TPSA) is 62.3 Å². The summed E-state index contributed by atoms with van der Waals surface area (Å²) in [6.45, 7) is 4.17. The van der Waals surface area contributed by atoms with Crippen LogP contribution in [0.25, 0.3) is 0 Å². The van der Waals surface area contributed by atoms with Gasteiger partial charge in [-0.15, -0.1) is 0 Å². The zero-order chi connectivity index (χ0) is 16.0. The summed E-state index contributed by atoms with van der Waals surface area (Å²) < 4.78 is 0. The molecule has 0 spiro atoms. The molecule has 0 aliphatic heterocycles. The highest BCUT2D eigenvalue weighted by molar-refractivity contribution is 6.29. The number of halogens is 1. The van der Waals surface area contributed by atoms with E-state index in [0.29, 0.717) is 17.3 Å². The summed E-state index contributed by atoms with van der Waals surface area (Å²) in [4.78, 5) is 29.7. The van der Waals surface area contributed by atoms with Crippen LogP contribution in [0.1, 0.15) is 36.3 Å². The zero-order valence-corrected chi connectivity index (χ0v) is 13.7. The third-order valence-corrected chi connectivity index (χ3v) is 3.38. The Labute approximate surface area is 130 Å². The van der Waals surface area contributed by atoms with Crippen molar-refractivity contribution >= 4 is 23.4 Å². The molecule has 1 heterocycles. The standard InChI is InChI=1S/C15H22ClN3O2/c1-5-6-12-7-11(8-13(16)18-12)15(21)19(4)9-10(2)14(20)17-3/h7-8,10H,5-6,9H2,1-4H3,(H,17,20). The minimum atomic E-state index is -0.267. The maximum atomic E-state index is 12.4. The molecule has 0 aliphatic carbocycles. The number of pyridine rings is 1. The van der Waals surface area contributed by atoms with Crippen molar-refractivity contribution in [2.75, 3.05) is 20.6 Å². The lowest BCUT2D eigenvalue weighted by Gasteiger charge is -2.21. The molecule has 1 N–H and O–H groups in total. The molecule has 5 nitrogen and oxygen atoms in total. The van der Waals surface area contributed by atoms with Gasteiger partial charge in [-0.25, -0.2) is 4.98 Å². The first-order valence-corrected chi connectivity index (χ1v) is 7.40. The molecule has 0 aromatic carbocycles. The third-order valence-electron chi connectivity index (χ3n) is 3.19. The lowest BCUT2D eigenvalue weighted by molar-refractivity contribution is -0.124. The maximum Gasteiger partial charge on any atom is 0.253 e. The summed E-state index contributed by atoms with van der Waals surface area (Å²) >= 11 is 5.97. The fraction of sp³-hybridized carbons (Fsp3) is 0.533. The van der Waals surface area contributed by atoms with Gasteiger partial charge in [-0.1, -0.05) is 31.9 Å². The highest BCUT2D eigenvalue weighted by Gasteiger charge is 2.19. The second kappa shape index (κ2) is 7.98. The first-order chi connectivity index (χ1) is 9.88. The van der Waals surface area contributed by atoms with Gasteiger partial charge in [0.05, 0.1) is 5.92 Å². The fourth-order valence-electron chi connectivity index (χ4n) is 2.10. The molecule has 0 aliphatic rings. The molecule has 2 amide bonds. The Morgan fingerprint density at radius 3 is 2.67 bits per heavy atom. The van der Waals surface area contributed by atoms with E-state index in [9.17, 15) is 9.59 Å². The molecule has 0 fully saturated rings. The Kier molecular flexibility index (Phi) is 6.62. The van der Waals surface area contributed by atoms with Crippen molar-refractivity contribution in [2.24, 2.45) is 5.92 Å². The summed E-state index contributed by atoms with van der Waals surface area (Å²) in [6, 6.07) is 3.32. The van der Waals surface area contributed by atoms with Crippen LogP contribution in [0.15, 0.2) is 12.1 Å². The van der Waals surface area contributed by atoms with Crippen LogP contribution >= 0.6 is 11.6 Å². The molecule has 0 bridgehead atoms. The summed E-state index contributed by atoms with van der Waals surface area (Å²) in [5, 5.41) is 2.89. The molecule has 6 heteroatoms. The van der Waals surface area contributed by atoms with Crippen molar-refractivity contribution in [3.05, 3.63) is 28.5 Å². The third kappa shape index (κ3) is 5.01. The summed E-state index contributed by atoms with van der Waals surface area (Å²) in [6.07, 6.45) is 1.71. The van der Waals surface area contributed by atoms with Gasteiger partial charge in [-0.05, 0) is 18.6 Å². The highest BCUT2D eigenvalue weighted by atomic mass is 35.5. The molecular formula is C15H22ClN3O2. The van der Waals surface area contributed by atoms with Crippen LogP contribution in [-0.2, 0) is 11.2 Å². The second-order valence-electron chi connectivity index (χ2n) is 5.12. The first-order valence-electron chi connectivity index (χ1n) is 7.02. The smallest absolute Gasteiger partial charge is 0.253 e. The second-order valence-corrected chi connectivity index (χ2v) is 5.51. The van der Waals surface area contributed by atoms with Crippen LogP contribution in [0, 0.1) is 5.92 Å². The monoisotopic (exact) mass is 311 g/mol. The van der Waals surface area contributed by atoms with E-state index in [1.165, 1.54) is 4.90 Å². The molecule has 1 aromatic rings. The predicted octanol–water partition coefficient (Wildman–Crippen LogP) is 2.14. The van der Waals surface area contributed by atoms with Crippen molar-refractivity contribution in [3.8, 4) is 0 Å². The van der Waals surface area contributed by atoms with Crippen LogP contribution < -0.4 is 5.32 Å². The molecule has 0 saturated carbocycles. The average molecular weight is 312 g/mol. The number of aryl methyl sites for hydroxylation is 1. The van der Waals surface area contributed by atoms with Gasteiger partial charge < -0.3 is 10.2 Å². The molecule has 116 valence electrons. The summed E-state index contributed by atoms with van der Waals surface area (Å²) in [7, 11) is 3.26. The molecule has 0 saturated heterocycles. The van der Waals surface area contributed by atoms with E-state index >= 15 is 0 Å². The molecule has 0 radical (unpaired) electrons. The van der Waals surface area contributed by atoms with Crippen molar-refractivity contribution in [3.63, 3.8) is 0 Å². The van der Waals surface area contributed by atoms with E-state index in [-0.39, 0.29) is 17.7 Å². The van der Waals surface area contributed by atoms with Crippen LogP contribution in [-0.4, -0.2) is 42.3 Å². The van der Waals surface area contributed by atoms with Crippen molar-refractivity contribution in [1.29, 1.82) is 0 Å². The molecular weight excluding hydrogens is 290 g/mol. The van der Waals surface area contributed by atoms with Crippen molar-refractivity contribution in [2.45, 2.75) is 26.7 Å². The Morgan fingerprint density at radius 2 is 2.10 bits per heavy atom. The minimum absolute atomic E-state index is 0.0888. The lowest BCUT2D eigenvalue weighted by Crippen LogP contribution is -2.37. The average Bonchev–Trinajstić information content (AvgIpc) is 2.45. The predicted molar refractivity (Wildman–Crippen MR) is 83.4 cm³/mol. The SMILES string of the molecule is CCCc1cc(C(=O)N(C)CC(C)C(=O)NC)cc(Cl)n1. The number of aromatic nitrogens is 1. The van der Waals surface area contributed by atoms with E-state index in [0.717, 1.165) is 18.5 Å². The molecule has 1 rings (SSSR count). The lowest BCUT2D eigenvalue weighted by atomic mass is 10.1. The number of carbonyl (C=O) groups is 2. The van der Waals surface area contributed by atoms with Gasteiger partial charge >= 0.3 is 0 Å². The highest BCUT2D eigenvalue weighted by Crippen LogP contribution is 2.14. The Morgan fingerprint density at radius 1 is 1.43 bits per heavy atom. The van der Waals surface area contributed by atoms with Crippen molar-refractivity contribution < 1.29 is 9.59 Å². The normalized spacial score (nSPS) is 11.9. The van der Waals surface area contributed by atoms with E-state index in [2.05, 4.69) is 10.3 Å². The first kappa shape index (κ1) is 17.4. The van der Waals surface area contributed by atoms with Gasteiger partial charge in [0.15, 0.2) is 0 Å². The van der Waals surface area contributed by atoms with Gasteiger partial charge in [0, 0.05) is 31.9 Å². The van der Waals surface area contributed by atoms with Gasteiger partial charge in [-0.3, -0.25) is 9.59 Å². The number of amides is 2. The molecule has 1 atom stereocenters. The molecule has 1 unspecified atom stereocenters. The number of hydrogen-bond donors (Lipinski definition) is 1. The quantitative estimate of drug-likeness (QED) is 0.819. The van der Waals surface area contributed by atoms with Gasteiger partial charge in [-0.2, -0.15) is 0 Å². The largest absolute Gasteiger partial charge is 0.359 e. The number of hydrogen-bond acceptors (Lipinski definition) is 3. The number of nitrogens with zero attached hydrogens (tertiary/aromatic N) is 2. The van der Waals surface area contributed by atoms with E-state index in [1.807, 2.05) is 6.92 Å². The number of rotatable bonds is 6. The number of nitrogens with one attached hydrogen (secondary N) is 1. The fourth-order valence-corrected chi connectivity index (χ4v) is 2.33. The number of carbonyl (C=O) groups excluding carboxylic acids is 2. The molecule has 21 heavy (non-hydrogen) atoms. The van der Waals surface area contributed by atoms with Gasteiger partial charge in [0.2, 0.25) is 5.91 Å². The Hall–Kier alpha value is -1.62. The van der Waals surface area contributed by atoms with Crippen molar-refractivity contribution in [1.82, 2.24) is 15.2 Å². The van der Waals surface area contributed by atoms with Crippen LogP contribution in [0.4, 0.5) is 0 Å². The van der Waals surface area contributed by atoms with E-state index in [1.54, 1.807) is 33.2 Å². The Balaban J connectivity index is 2.84. The minimum Gasteiger partial charge on any atom is -0.359 e. The molecule has 1 aromatic heterocycles. The maximum absolute atomic E-state index is 12.4. The van der Waals surface area contributed by atoms with Gasteiger partial charge in [0.25, 0.3) is 5.91 Å². The summed E-state index contributed by atoms with van der Waals surface area (Å²) in [5.74, 6) is -0.516. The van der Waals surface area contributed by atoms with Gasteiger partial charge in [0.1, 0.15) is 5.15 Å². The van der Waals surface area contributed by atoms with Crippen LogP contribution in [0.2, 0.25) is 5.15 Å². The van der Waals surface area contributed by atoms with Crippen LogP contribution in [0.3, 0.4) is 0 Å². The van der Waals surface area contributed by atoms with Crippen LogP contribution in [0.5, 0.6) is 0 Å². The Bertz CT molecular complexity index is 520. The van der Waals surface area contributed by atoms with E-state index in [4.69, 9.17) is 11.6 Å². The van der Waals surface area contributed by atoms with E-state index < -0.39 is 0 Å².